The Kier molecular flexibility index (Phi) is 6.84. The number of pyridine rings is 1. The zero-order valence-electron chi connectivity index (χ0n) is 16.8. The predicted octanol–water partition coefficient (Wildman–Crippen LogP) is 2.85. The highest BCUT2D eigenvalue weighted by molar-refractivity contribution is 6.02. The quantitative estimate of drug-likeness (QED) is 0.547. The molecule has 0 aliphatic heterocycles. The maximum atomic E-state index is 12.7. The van der Waals surface area contributed by atoms with Gasteiger partial charge < -0.3 is 15.4 Å². The van der Waals surface area contributed by atoms with Gasteiger partial charge in [0.1, 0.15) is 5.75 Å². The van der Waals surface area contributed by atoms with Gasteiger partial charge in [-0.15, -0.1) is 0 Å². The number of unbranched alkanes of at least 4 members (excludes halogenated alkanes) is 1. The van der Waals surface area contributed by atoms with E-state index >= 15 is 0 Å². The Labute approximate surface area is 170 Å². The SMILES string of the molecule is CCCCNC(=O)c1nc(C(=O)NCCc2ccccc2OC)n2ccccc12. The van der Waals surface area contributed by atoms with Crippen LogP contribution in [-0.4, -0.2) is 41.4 Å². The minimum absolute atomic E-state index is 0.196. The molecular weight excluding hydrogens is 368 g/mol. The van der Waals surface area contributed by atoms with Crippen LogP contribution >= 0.6 is 0 Å². The topological polar surface area (TPSA) is 84.7 Å². The molecule has 1 aromatic carbocycles. The van der Waals surface area contributed by atoms with Crippen LogP contribution in [0.5, 0.6) is 5.75 Å². The first-order valence-corrected chi connectivity index (χ1v) is 9.81. The van der Waals surface area contributed by atoms with Crippen molar-refractivity contribution >= 4 is 17.3 Å². The predicted molar refractivity (Wildman–Crippen MR) is 111 cm³/mol. The highest BCUT2D eigenvalue weighted by Crippen LogP contribution is 2.17. The van der Waals surface area contributed by atoms with Gasteiger partial charge in [0.05, 0.1) is 12.6 Å². The summed E-state index contributed by atoms with van der Waals surface area (Å²) in [6.07, 6.45) is 4.25. The third-order valence-electron chi connectivity index (χ3n) is 4.65. The fourth-order valence-electron chi connectivity index (χ4n) is 3.13. The van der Waals surface area contributed by atoms with Gasteiger partial charge in [0.2, 0.25) is 5.82 Å². The van der Waals surface area contributed by atoms with Gasteiger partial charge in [-0.3, -0.25) is 14.0 Å². The van der Waals surface area contributed by atoms with E-state index < -0.39 is 0 Å². The molecule has 0 fully saturated rings. The molecule has 2 aromatic heterocycles. The summed E-state index contributed by atoms with van der Waals surface area (Å²) in [7, 11) is 1.63. The van der Waals surface area contributed by atoms with Crippen LogP contribution in [0.1, 0.15) is 46.4 Å². The van der Waals surface area contributed by atoms with Crippen LogP contribution in [0.3, 0.4) is 0 Å². The Hall–Kier alpha value is -3.35. The molecule has 2 amide bonds. The number of rotatable bonds is 9. The summed E-state index contributed by atoms with van der Waals surface area (Å²) in [5.74, 6) is 0.393. The molecule has 0 radical (unpaired) electrons. The molecular formula is C22H26N4O3. The minimum Gasteiger partial charge on any atom is -0.496 e. The minimum atomic E-state index is -0.325. The van der Waals surface area contributed by atoms with Crippen molar-refractivity contribution in [3.05, 3.63) is 65.7 Å². The maximum absolute atomic E-state index is 12.7. The van der Waals surface area contributed by atoms with E-state index in [-0.39, 0.29) is 23.3 Å². The van der Waals surface area contributed by atoms with Crippen LogP contribution in [0.25, 0.3) is 5.52 Å². The summed E-state index contributed by atoms with van der Waals surface area (Å²) in [6, 6.07) is 13.1. The molecule has 7 heteroatoms. The van der Waals surface area contributed by atoms with Crippen LogP contribution in [0, 0.1) is 0 Å². The average molecular weight is 394 g/mol. The van der Waals surface area contributed by atoms with Crippen molar-refractivity contribution in [3.63, 3.8) is 0 Å². The van der Waals surface area contributed by atoms with E-state index in [1.54, 1.807) is 29.8 Å². The standard InChI is InChI=1S/C22H26N4O3/c1-3-4-13-23-21(27)19-17-10-7-8-15-26(17)20(25-19)22(28)24-14-12-16-9-5-6-11-18(16)29-2/h5-11,15H,3-4,12-14H2,1-2H3,(H,23,27)(H,24,28). The maximum Gasteiger partial charge on any atom is 0.287 e. The molecule has 0 saturated carbocycles. The lowest BCUT2D eigenvalue weighted by molar-refractivity contribution is 0.0943. The Bertz CT molecular complexity index is 997. The van der Waals surface area contributed by atoms with Crippen LogP contribution in [0.15, 0.2) is 48.7 Å². The summed E-state index contributed by atoms with van der Waals surface area (Å²) < 4.78 is 6.99. The van der Waals surface area contributed by atoms with Gasteiger partial charge in [-0.1, -0.05) is 37.6 Å². The Balaban J connectivity index is 1.73. The number of ether oxygens (including phenoxy) is 1. The largest absolute Gasteiger partial charge is 0.496 e. The molecule has 2 heterocycles. The smallest absolute Gasteiger partial charge is 0.287 e. The molecule has 29 heavy (non-hydrogen) atoms. The summed E-state index contributed by atoms with van der Waals surface area (Å²) in [5, 5.41) is 5.75. The normalized spacial score (nSPS) is 10.7. The lowest BCUT2D eigenvalue weighted by Gasteiger charge is -2.08. The summed E-state index contributed by atoms with van der Waals surface area (Å²) >= 11 is 0. The van der Waals surface area contributed by atoms with E-state index in [0.717, 1.165) is 24.2 Å². The number of nitrogens with zero attached hydrogens (tertiary/aromatic N) is 2. The molecule has 0 aliphatic carbocycles. The molecule has 0 aliphatic rings. The van der Waals surface area contributed by atoms with Crippen LogP contribution in [-0.2, 0) is 6.42 Å². The number of imidazole rings is 1. The molecule has 7 nitrogen and oxygen atoms in total. The van der Waals surface area contributed by atoms with Crippen molar-refractivity contribution < 1.29 is 14.3 Å². The van der Waals surface area contributed by atoms with Crippen LogP contribution in [0.4, 0.5) is 0 Å². The third kappa shape index (κ3) is 4.74. The number of carbonyl (C=O) groups excluding carboxylic acids is 2. The first-order chi connectivity index (χ1) is 14.2. The van der Waals surface area contributed by atoms with Crippen molar-refractivity contribution in [3.8, 4) is 5.75 Å². The molecule has 152 valence electrons. The number of nitrogens with one attached hydrogen (secondary N) is 2. The second-order valence-corrected chi connectivity index (χ2v) is 6.67. The van der Waals surface area contributed by atoms with E-state index in [2.05, 4.69) is 22.5 Å². The van der Waals surface area contributed by atoms with Gasteiger partial charge in [0.25, 0.3) is 11.8 Å². The molecule has 3 rings (SSSR count). The molecule has 2 N–H and O–H groups in total. The van der Waals surface area contributed by atoms with Gasteiger partial charge in [0, 0.05) is 19.3 Å². The van der Waals surface area contributed by atoms with E-state index in [1.165, 1.54) is 0 Å². The van der Waals surface area contributed by atoms with Crippen molar-refractivity contribution in [2.24, 2.45) is 0 Å². The molecule has 0 saturated heterocycles. The molecule has 0 bridgehead atoms. The Morgan fingerprint density at radius 3 is 2.59 bits per heavy atom. The molecule has 0 unspecified atom stereocenters. The molecule has 0 atom stereocenters. The van der Waals surface area contributed by atoms with Gasteiger partial charge in [0.15, 0.2) is 5.69 Å². The first-order valence-electron chi connectivity index (χ1n) is 9.81. The van der Waals surface area contributed by atoms with Crippen molar-refractivity contribution in [1.82, 2.24) is 20.0 Å². The van der Waals surface area contributed by atoms with E-state index in [1.807, 2.05) is 30.3 Å². The second-order valence-electron chi connectivity index (χ2n) is 6.67. The zero-order chi connectivity index (χ0) is 20.6. The number of fused-ring (bicyclic) bond motifs is 1. The lowest BCUT2D eigenvalue weighted by atomic mass is 10.1. The lowest BCUT2D eigenvalue weighted by Crippen LogP contribution is -2.28. The monoisotopic (exact) mass is 394 g/mol. The summed E-state index contributed by atoms with van der Waals surface area (Å²) in [5.41, 5.74) is 1.88. The van der Waals surface area contributed by atoms with E-state index in [9.17, 15) is 9.59 Å². The van der Waals surface area contributed by atoms with Gasteiger partial charge >= 0.3 is 0 Å². The summed E-state index contributed by atoms with van der Waals surface area (Å²) in [6.45, 7) is 3.08. The number of carbonyl (C=O) groups is 2. The first kappa shape index (κ1) is 20.4. The number of methoxy groups -OCH3 is 1. The Morgan fingerprint density at radius 2 is 1.79 bits per heavy atom. The number of amides is 2. The zero-order valence-corrected chi connectivity index (χ0v) is 16.8. The van der Waals surface area contributed by atoms with E-state index in [4.69, 9.17) is 4.74 Å². The summed E-state index contributed by atoms with van der Waals surface area (Å²) in [4.78, 5) is 29.6. The molecule has 0 spiro atoms. The van der Waals surface area contributed by atoms with Crippen LogP contribution < -0.4 is 15.4 Å². The number of aromatic nitrogens is 2. The van der Waals surface area contributed by atoms with Crippen molar-refractivity contribution in [1.29, 1.82) is 0 Å². The highest BCUT2D eigenvalue weighted by atomic mass is 16.5. The average Bonchev–Trinajstić information content (AvgIpc) is 3.14. The highest BCUT2D eigenvalue weighted by Gasteiger charge is 2.21. The Morgan fingerprint density at radius 1 is 1.03 bits per heavy atom. The number of benzene rings is 1. The molecule has 3 aromatic rings. The fourth-order valence-corrected chi connectivity index (χ4v) is 3.13. The van der Waals surface area contributed by atoms with Crippen LogP contribution in [0.2, 0.25) is 0 Å². The number of hydrogen-bond acceptors (Lipinski definition) is 4. The van der Waals surface area contributed by atoms with E-state index in [0.29, 0.717) is 25.0 Å². The van der Waals surface area contributed by atoms with Gasteiger partial charge in [-0.25, -0.2) is 4.98 Å². The second kappa shape index (κ2) is 9.73. The fraction of sp³-hybridized carbons (Fsp3) is 0.318. The van der Waals surface area contributed by atoms with Gasteiger partial charge in [-0.05, 0) is 36.6 Å². The van der Waals surface area contributed by atoms with Crippen molar-refractivity contribution in [2.75, 3.05) is 20.2 Å². The number of para-hydroxylation sites is 1. The number of hydrogen-bond donors (Lipinski definition) is 2. The van der Waals surface area contributed by atoms with Gasteiger partial charge in [-0.2, -0.15) is 0 Å². The van der Waals surface area contributed by atoms with Crippen molar-refractivity contribution in [2.45, 2.75) is 26.2 Å². The third-order valence-corrected chi connectivity index (χ3v) is 4.65.